The molecule has 7 heteroatoms. The number of benzene rings is 1. The zero-order chi connectivity index (χ0) is 17.5. The van der Waals surface area contributed by atoms with E-state index in [2.05, 4.69) is 15.3 Å². The first-order valence-electron chi connectivity index (χ1n) is 7.38. The van der Waals surface area contributed by atoms with Crippen molar-refractivity contribution in [3.05, 3.63) is 54.0 Å². The van der Waals surface area contributed by atoms with Gasteiger partial charge in [-0.25, -0.2) is 5.43 Å². The van der Waals surface area contributed by atoms with Crippen molar-refractivity contribution in [3.8, 4) is 5.75 Å². The second-order valence-corrected chi connectivity index (χ2v) is 5.42. The van der Waals surface area contributed by atoms with E-state index in [4.69, 9.17) is 4.42 Å². The van der Waals surface area contributed by atoms with Gasteiger partial charge in [-0.2, -0.15) is 13.9 Å². The number of nitrogens with one attached hydrogen (secondary N) is 1. The number of amides is 1. The maximum absolute atomic E-state index is 12.4. The first-order chi connectivity index (χ1) is 11.5. The number of hydrazone groups is 1. The second kappa shape index (κ2) is 8.24. The van der Waals surface area contributed by atoms with Crippen molar-refractivity contribution in [2.24, 2.45) is 11.0 Å². The molecule has 0 saturated heterocycles. The molecule has 0 aliphatic heterocycles. The fourth-order valence-electron chi connectivity index (χ4n) is 2.29. The lowest BCUT2D eigenvalue weighted by molar-refractivity contribution is -0.123. The summed E-state index contributed by atoms with van der Waals surface area (Å²) in [6.45, 7) is 0.907. The first kappa shape index (κ1) is 17.7. The van der Waals surface area contributed by atoms with Gasteiger partial charge < -0.3 is 9.15 Å². The molecule has 0 fully saturated rings. The SMILES string of the molecule is CC(C)C(C(=O)NN=Cc1ccco1)c1ccc(OC(F)F)cc1. The van der Waals surface area contributed by atoms with Gasteiger partial charge in [0, 0.05) is 0 Å². The van der Waals surface area contributed by atoms with Crippen LogP contribution in [-0.4, -0.2) is 18.7 Å². The Balaban J connectivity index is 2.06. The molecule has 128 valence electrons. The third-order valence-corrected chi connectivity index (χ3v) is 3.32. The number of ether oxygens (including phenoxy) is 1. The molecule has 1 amide bonds. The van der Waals surface area contributed by atoms with Gasteiger partial charge in [-0.05, 0) is 35.7 Å². The molecule has 0 aliphatic rings. The van der Waals surface area contributed by atoms with E-state index in [0.717, 1.165) is 0 Å². The fourth-order valence-corrected chi connectivity index (χ4v) is 2.29. The van der Waals surface area contributed by atoms with Crippen LogP contribution in [0.4, 0.5) is 8.78 Å². The average molecular weight is 336 g/mol. The smallest absolute Gasteiger partial charge is 0.387 e. The Bertz CT molecular complexity index is 668. The van der Waals surface area contributed by atoms with Gasteiger partial charge in [-0.1, -0.05) is 26.0 Å². The van der Waals surface area contributed by atoms with E-state index >= 15 is 0 Å². The van der Waals surface area contributed by atoms with Crippen LogP contribution in [0.2, 0.25) is 0 Å². The summed E-state index contributed by atoms with van der Waals surface area (Å²) in [4.78, 5) is 12.4. The minimum absolute atomic E-state index is 0.00863. The van der Waals surface area contributed by atoms with E-state index in [1.165, 1.54) is 24.6 Å². The molecule has 1 unspecified atom stereocenters. The van der Waals surface area contributed by atoms with Crippen molar-refractivity contribution >= 4 is 12.1 Å². The molecule has 1 atom stereocenters. The number of alkyl halides is 2. The highest BCUT2D eigenvalue weighted by molar-refractivity contribution is 5.85. The zero-order valence-electron chi connectivity index (χ0n) is 13.3. The molecule has 0 radical (unpaired) electrons. The van der Waals surface area contributed by atoms with Gasteiger partial charge in [0.15, 0.2) is 0 Å². The van der Waals surface area contributed by atoms with Crippen molar-refractivity contribution in [1.29, 1.82) is 0 Å². The van der Waals surface area contributed by atoms with Gasteiger partial charge in [-0.15, -0.1) is 0 Å². The number of carbonyl (C=O) groups excluding carboxylic acids is 1. The summed E-state index contributed by atoms with van der Waals surface area (Å²) < 4.78 is 33.7. The average Bonchev–Trinajstić information content (AvgIpc) is 3.01. The van der Waals surface area contributed by atoms with E-state index in [1.54, 1.807) is 24.3 Å². The third kappa shape index (κ3) is 4.91. The molecule has 1 heterocycles. The van der Waals surface area contributed by atoms with Crippen LogP contribution in [0.5, 0.6) is 5.75 Å². The second-order valence-electron chi connectivity index (χ2n) is 5.42. The monoisotopic (exact) mass is 336 g/mol. The van der Waals surface area contributed by atoms with Crippen LogP contribution in [0.1, 0.15) is 31.1 Å². The number of halogens is 2. The van der Waals surface area contributed by atoms with Crippen molar-refractivity contribution < 1.29 is 22.7 Å². The lowest BCUT2D eigenvalue weighted by Crippen LogP contribution is -2.28. The van der Waals surface area contributed by atoms with Crippen LogP contribution in [0, 0.1) is 5.92 Å². The van der Waals surface area contributed by atoms with Crippen molar-refractivity contribution in [1.82, 2.24) is 5.43 Å². The molecule has 1 aromatic heterocycles. The predicted molar refractivity (Wildman–Crippen MR) is 85.1 cm³/mol. The normalized spacial score (nSPS) is 12.8. The molecular formula is C17H18F2N2O3. The molecule has 0 saturated carbocycles. The molecule has 5 nitrogen and oxygen atoms in total. The third-order valence-electron chi connectivity index (χ3n) is 3.32. The number of furan rings is 1. The van der Waals surface area contributed by atoms with Crippen LogP contribution in [-0.2, 0) is 4.79 Å². The topological polar surface area (TPSA) is 63.8 Å². The summed E-state index contributed by atoms with van der Waals surface area (Å²) in [5.74, 6) is -0.210. The lowest BCUT2D eigenvalue weighted by atomic mass is 9.88. The fraction of sp³-hybridized carbons (Fsp3) is 0.294. The summed E-state index contributed by atoms with van der Waals surface area (Å²) in [5, 5.41) is 3.86. The maximum atomic E-state index is 12.4. The number of carbonyl (C=O) groups is 1. The largest absolute Gasteiger partial charge is 0.463 e. The molecule has 1 N–H and O–H groups in total. The van der Waals surface area contributed by atoms with Crippen LogP contribution in [0.15, 0.2) is 52.2 Å². The van der Waals surface area contributed by atoms with Crippen LogP contribution in [0.3, 0.4) is 0 Å². The highest BCUT2D eigenvalue weighted by atomic mass is 19.3. The standard InChI is InChI=1S/C17H18F2N2O3/c1-11(2)15(12-5-7-13(8-6-12)24-17(18)19)16(22)21-20-10-14-4-3-9-23-14/h3-11,15,17H,1-2H3,(H,21,22). The van der Waals surface area contributed by atoms with Gasteiger partial charge in [0.05, 0.1) is 18.4 Å². The number of rotatable bonds is 7. The van der Waals surface area contributed by atoms with Gasteiger partial charge in [0.2, 0.25) is 5.91 Å². The van der Waals surface area contributed by atoms with Crippen LogP contribution >= 0.6 is 0 Å². The molecule has 24 heavy (non-hydrogen) atoms. The van der Waals surface area contributed by atoms with E-state index < -0.39 is 12.5 Å². The highest BCUT2D eigenvalue weighted by Gasteiger charge is 2.24. The minimum Gasteiger partial charge on any atom is -0.463 e. The van der Waals surface area contributed by atoms with Crippen LogP contribution in [0.25, 0.3) is 0 Å². The van der Waals surface area contributed by atoms with E-state index in [-0.39, 0.29) is 17.6 Å². The molecule has 0 bridgehead atoms. The Kier molecular flexibility index (Phi) is 6.06. The Morgan fingerprint density at radius 2 is 1.96 bits per heavy atom. The van der Waals surface area contributed by atoms with Crippen LogP contribution < -0.4 is 10.2 Å². The van der Waals surface area contributed by atoms with E-state index in [1.807, 2.05) is 13.8 Å². The van der Waals surface area contributed by atoms with Gasteiger partial charge in [0.25, 0.3) is 0 Å². The molecule has 2 aromatic rings. The summed E-state index contributed by atoms with van der Waals surface area (Å²) >= 11 is 0. The van der Waals surface area contributed by atoms with Crippen molar-refractivity contribution in [2.45, 2.75) is 26.4 Å². The lowest BCUT2D eigenvalue weighted by Gasteiger charge is -2.19. The first-order valence-corrected chi connectivity index (χ1v) is 7.38. The maximum Gasteiger partial charge on any atom is 0.387 e. The summed E-state index contributed by atoms with van der Waals surface area (Å²) in [6.07, 6.45) is 2.90. The number of hydrogen-bond acceptors (Lipinski definition) is 4. The van der Waals surface area contributed by atoms with E-state index in [9.17, 15) is 13.6 Å². The van der Waals surface area contributed by atoms with Gasteiger partial charge >= 0.3 is 6.61 Å². The van der Waals surface area contributed by atoms with E-state index in [0.29, 0.717) is 11.3 Å². The minimum atomic E-state index is -2.88. The molecule has 2 rings (SSSR count). The Morgan fingerprint density at radius 1 is 1.25 bits per heavy atom. The molecule has 0 aliphatic carbocycles. The number of hydrogen-bond donors (Lipinski definition) is 1. The van der Waals surface area contributed by atoms with Gasteiger partial charge in [0.1, 0.15) is 11.5 Å². The zero-order valence-corrected chi connectivity index (χ0v) is 13.3. The predicted octanol–water partition coefficient (Wildman–Crippen LogP) is 3.77. The summed E-state index contributed by atoms with van der Waals surface area (Å²) in [5.41, 5.74) is 3.16. The Hall–Kier alpha value is -2.70. The molecular weight excluding hydrogens is 318 g/mol. The quantitative estimate of drug-likeness (QED) is 0.618. The van der Waals surface area contributed by atoms with Crippen molar-refractivity contribution in [2.75, 3.05) is 0 Å². The highest BCUT2D eigenvalue weighted by Crippen LogP contribution is 2.27. The summed E-state index contributed by atoms with van der Waals surface area (Å²) in [7, 11) is 0. The Labute approximate surface area is 138 Å². The number of nitrogens with zero attached hydrogens (tertiary/aromatic N) is 1. The van der Waals surface area contributed by atoms with Crippen molar-refractivity contribution in [3.63, 3.8) is 0 Å². The Morgan fingerprint density at radius 3 is 2.50 bits per heavy atom. The summed E-state index contributed by atoms with van der Waals surface area (Å²) in [6, 6.07) is 9.43. The van der Waals surface area contributed by atoms with Gasteiger partial charge in [-0.3, -0.25) is 4.79 Å². The molecule has 0 spiro atoms. The molecule has 1 aromatic carbocycles.